The lowest BCUT2D eigenvalue weighted by Gasteiger charge is -2.12. The van der Waals surface area contributed by atoms with Gasteiger partial charge in [-0.2, -0.15) is 0 Å². The number of nitrogens with one attached hydrogen (secondary N) is 1. The van der Waals surface area contributed by atoms with Crippen LogP contribution in [0.3, 0.4) is 0 Å². The molecular formula is C17H37NO3. The standard InChI is InChI=1S/C17H37NO3/c1-3-4-5-6-7-11-14-21-16-17(19)15-18-12-9-8-10-13-20-2/h17-19H,3-16H2,1-2H3. The summed E-state index contributed by atoms with van der Waals surface area (Å²) in [6, 6.07) is 0. The first-order chi connectivity index (χ1) is 10.3. The molecule has 0 bridgehead atoms. The van der Waals surface area contributed by atoms with E-state index < -0.39 is 0 Å². The Morgan fingerprint density at radius 3 is 2.33 bits per heavy atom. The molecule has 0 spiro atoms. The number of methoxy groups -OCH3 is 1. The van der Waals surface area contributed by atoms with Gasteiger partial charge in [-0.15, -0.1) is 0 Å². The number of hydrogen-bond donors (Lipinski definition) is 2. The molecule has 4 nitrogen and oxygen atoms in total. The molecule has 0 rings (SSSR count). The summed E-state index contributed by atoms with van der Waals surface area (Å²) in [5, 5.41) is 13.0. The van der Waals surface area contributed by atoms with Crippen LogP contribution >= 0.6 is 0 Å². The number of ether oxygens (including phenoxy) is 2. The molecule has 0 heterocycles. The van der Waals surface area contributed by atoms with Crippen molar-refractivity contribution < 1.29 is 14.6 Å². The summed E-state index contributed by atoms with van der Waals surface area (Å²) in [7, 11) is 1.74. The van der Waals surface area contributed by atoms with Gasteiger partial charge in [-0.05, 0) is 32.2 Å². The predicted molar refractivity (Wildman–Crippen MR) is 88.8 cm³/mol. The van der Waals surface area contributed by atoms with E-state index >= 15 is 0 Å². The molecule has 0 fully saturated rings. The van der Waals surface area contributed by atoms with Crippen LogP contribution in [0.2, 0.25) is 0 Å². The molecule has 0 radical (unpaired) electrons. The van der Waals surface area contributed by atoms with Gasteiger partial charge >= 0.3 is 0 Å². The lowest BCUT2D eigenvalue weighted by atomic mass is 10.1. The third-order valence-electron chi connectivity index (χ3n) is 3.53. The van der Waals surface area contributed by atoms with Crippen LogP contribution in [0, 0.1) is 0 Å². The third-order valence-corrected chi connectivity index (χ3v) is 3.53. The zero-order valence-corrected chi connectivity index (χ0v) is 14.2. The fourth-order valence-corrected chi connectivity index (χ4v) is 2.20. The third kappa shape index (κ3) is 17.8. The molecule has 21 heavy (non-hydrogen) atoms. The van der Waals surface area contributed by atoms with Gasteiger partial charge in [-0.25, -0.2) is 0 Å². The van der Waals surface area contributed by atoms with Crippen molar-refractivity contribution >= 4 is 0 Å². The van der Waals surface area contributed by atoms with Gasteiger partial charge in [-0.3, -0.25) is 0 Å². The molecule has 0 aliphatic heterocycles. The molecule has 0 saturated heterocycles. The highest BCUT2D eigenvalue weighted by Crippen LogP contribution is 2.04. The fraction of sp³-hybridized carbons (Fsp3) is 1.00. The Morgan fingerprint density at radius 1 is 0.905 bits per heavy atom. The van der Waals surface area contributed by atoms with Crippen molar-refractivity contribution in [1.82, 2.24) is 5.32 Å². The van der Waals surface area contributed by atoms with Gasteiger partial charge < -0.3 is 19.9 Å². The van der Waals surface area contributed by atoms with Gasteiger partial charge in [-0.1, -0.05) is 39.0 Å². The van der Waals surface area contributed by atoms with Crippen molar-refractivity contribution in [3.8, 4) is 0 Å². The maximum atomic E-state index is 9.76. The molecule has 128 valence electrons. The summed E-state index contributed by atoms with van der Waals surface area (Å²) < 4.78 is 10.5. The molecule has 1 unspecified atom stereocenters. The van der Waals surface area contributed by atoms with E-state index in [4.69, 9.17) is 9.47 Å². The molecule has 4 heteroatoms. The van der Waals surface area contributed by atoms with E-state index in [1.54, 1.807) is 7.11 Å². The first-order valence-corrected chi connectivity index (χ1v) is 8.76. The Morgan fingerprint density at radius 2 is 1.57 bits per heavy atom. The lowest BCUT2D eigenvalue weighted by molar-refractivity contribution is 0.0355. The lowest BCUT2D eigenvalue weighted by Crippen LogP contribution is -2.31. The van der Waals surface area contributed by atoms with Crippen molar-refractivity contribution in [3.63, 3.8) is 0 Å². The topological polar surface area (TPSA) is 50.7 Å². The highest BCUT2D eigenvalue weighted by Gasteiger charge is 2.03. The second kappa shape index (κ2) is 17.9. The summed E-state index contributed by atoms with van der Waals surface area (Å²) >= 11 is 0. The van der Waals surface area contributed by atoms with Crippen LogP contribution in [-0.4, -0.2) is 51.2 Å². The second-order valence-electron chi connectivity index (χ2n) is 5.75. The minimum absolute atomic E-state index is 0.385. The number of unbranched alkanes of at least 4 members (excludes halogenated alkanes) is 7. The van der Waals surface area contributed by atoms with Gasteiger partial charge in [0.1, 0.15) is 0 Å². The van der Waals surface area contributed by atoms with Crippen LogP contribution in [0.15, 0.2) is 0 Å². The maximum Gasteiger partial charge on any atom is 0.0897 e. The Hall–Kier alpha value is -0.160. The Bertz CT molecular complexity index is 191. The molecule has 0 saturated carbocycles. The average Bonchev–Trinajstić information content (AvgIpc) is 2.49. The van der Waals surface area contributed by atoms with E-state index in [9.17, 15) is 5.11 Å². The molecular weight excluding hydrogens is 266 g/mol. The summed E-state index contributed by atoms with van der Waals surface area (Å²) in [4.78, 5) is 0. The van der Waals surface area contributed by atoms with Crippen LogP contribution in [0.1, 0.15) is 64.7 Å². The van der Waals surface area contributed by atoms with Crippen molar-refractivity contribution in [2.24, 2.45) is 0 Å². The number of rotatable bonds is 17. The molecule has 0 aromatic rings. The summed E-state index contributed by atoms with van der Waals surface area (Å²) in [6.45, 7) is 5.89. The Kier molecular flexibility index (Phi) is 17.8. The zero-order valence-electron chi connectivity index (χ0n) is 14.2. The normalized spacial score (nSPS) is 12.7. The molecule has 0 aliphatic rings. The predicted octanol–water partition coefficient (Wildman–Crippen LogP) is 3.13. The van der Waals surface area contributed by atoms with Crippen molar-refractivity contribution in [3.05, 3.63) is 0 Å². The summed E-state index contributed by atoms with van der Waals surface area (Å²) in [6.07, 6.45) is 10.7. The van der Waals surface area contributed by atoms with Crippen LogP contribution in [0.4, 0.5) is 0 Å². The smallest absolute Gasteiger partial charge is 0.0897 e. The van der Waals surface area contributed by atoms with Crippen molar-refractivity contribution in [1.29, 1.82) is 0 Å². The largest absolute Gasteiger partial charge is 0.389 e. The number of hydrogen-bond acceptors (Lipinski definition) is 4. The number of aliphatic hydroxyl groups excluding tert-OH is 1. The number of aliphatic hydroxyl groups is 1. The van der Waals surface area contributed by atoms with E-state index in [1.165, 1.54) is 38.5 Å². The average molecular weight is 303 g/mol. The van der Waals surface area contributed by atoms with Gasteiger partial charge in [0.2, 0.25) is 0 Å². The van der Waals surface area contributed by atoms with Crippen molar-refractivity contribution in [2.75, 3.05) is 40.0 Å². The molecule has 0 aromatic heterocycles. The zero-order chi connectivity index (χ0) is 15.6. The Balaban J connectivity index is 3.11. The molecule has 0 amide bonds. The first-order valence-electron chi connectivity index (χ1n) is 8.76. The fourth-order valence-electron chi connectivity index (χ4n) is 2.20. The van der Waals surface area contributed by atoms with Crippen molar-refractivity contribution in [2.45, 2.75) is 70.8 Å². The quantitative estimate of drug-likeness (QED) is 0.405. The molecule has 2 N–H and O–H groups in total. The van der Waals surface area contributed by atoms with Crippen LogP contribution in [0.25, 0.3) is 0 Å². The van der Waals surface area contributed by atoms with Crippen LogP contribution < -0.4 is 5.32 Å². The molecule has 0 aromatic carbocycles. The van der Waals surface area contributed by atoms with Gasteiger partial charge in [0.25, 0.3) is 0 Å². The second-order valence-corrected chi connectivity index (χ2v) is 5.75. The molecule has 1 atom stereocenters. The monoisotopic (exact) mass is 303 g/mol. The van der Waals surface area contributed by atoms with Gasteiger partial charge in [0.15, 0.2) is 0 Å². The summed E-state index contributed by atoms with van der Waals surface area (Å²) in [5.74, 6) is 0. The van der Waals surface area contributed by atoms with Crippen LogP contribution in [0.5, 0.6) is 0 Å². The van der Waals surface area contributed by atoms with E-state index in [0.717, 1.165) is 39.0 Å². The Labute approximate surface area is 131 Å². The van der Waals surface area contributed by atoms with E-state index in [1.807, 2.05) is 0 Å². The first kappa shape index (κ1) is 20.8. The van der Waals surface area contributed by atoms with E-state index in [0.29, 0.717) is 13.2 Å². The minimum Gasteiger partial charge on any atom is -0.389 e. The SMILES string of the molecule is CCCCCCCCOCC(O)CNCCCCCOC. The highest BCUT2D eigenvalue weighted by molar-refractivity contribution is 4.58. The highest BCUT2D eigenvalue weighted by atomic mass is 16.5. The van der Waals surface area contributed by atoms with Gasteiger partial charge in [0.05, 0.1) is 12.7 Å². The summed E-state index contributed by atoms with van der Waals surface area (Å²) in [5.41, 5.74) is 0. The molecule has 0 aliphatic carbocycles. The minimum atomic E-state index is -0.385. The van der Waals surface area contributed by atoms with Crippen LogP contribution in [-0.2, 0) is 9.47 Å². The van der Waals surface area contributed by atoms with Gasteiger partial charge in [0, 0.05) is 26.9 Å². The maximum absolute atomic E-state index is 9.76. The van der Waals surface area contributed by atoms with E-state index in [-0.39, 0.29) is 6.10 Å². The van der Waals surface area contributed by atoms with E-state index in [2.05, 4.69) is 12.2 Å².